The Morgan fingerprint density at radius 3 is 3.11 bits per heavy atom. The van der Waals surface area contributed by atoms with E-state index < -0.39 is 0 Å². The van der Waals surface area contributed by atoms with Gasteiger partial charge in [0, 0.05) is 24.4 Å². The molecule has 94 valence electrons. The number of allylic oxidation sites excluding steroid dienone is 1. The van der Waals surface area contributed by atoms with Crippen LogP contribution in [0.15, 0.2) is 48.8 Å². The van der Waals surface area contributed by atoms with Gasteiger partial charge in [0.2, 0.25) is 0 Å². The van der Waals surface area contributed by atoms with Crippen LogP contribution in [0.1, 0.15) is 21.5 Å². The Morgan fingerprint density at radius 1 is 1.32 bits per heavy atom. The summed E-state index contributed by atoms with van der Waals surface area (Å²) in [6.45, 7) is 0.747. The predicted octanol–water partition coefficient (Wildman–Crippen LogP) is 2.91. The predicted molar refractivity (Wildman–Crippen MR) is 73.2 cm³/mol. The molecule has 0 bridgehead atoms. The van der Waals surface area contributed by atoms with Gasteiger partial charge in [0.1, 0.15) is 5.75 Å². The van der Waals surface area contributed by atoms with Crippen molar-refractivity contribution in [2.24, 2.45) is 0 Å². The normalized spacial score (nSPS) is 13.3. The first kappa shape index (κ1) is 11.7. The van der Waals surface area contributed by atoms with E-state index in [-0.39, 0.29) is 5.78 Å². The highest BCUT2D eigenvalue weighted by molar-refractivity contribution is 6.06. The Hall–Kier alpha value is -2.42. The summed E-state index contributed by atoms with van der Waals surface area (Å²) in [6.07, 6.45) is 7.57. The molecule has 19 heavy (non-hydrogen) atoms. The smallest absolute Gasteiger partial charge is 0.187 e. The molecule has 0 aliphatic carbocycles. The van der Waals surface area contributed by atoms with Crippen LogP contribution >= 0.6 is 0 Å². The Morgan fingerprint density at radius 2 is 2.26 bits per heavy atom. The Labute approximate surface area is 111 Å². The number of carbonyl (C=O) groups excluding carboxylic acids is 1. The number of rotatable bonds is 3. The van der Waals surface area contributed by atoms with Crippen molar-refractivity contribution in [3.8, 4) is 5.75 Å². The van der Waals surface area contributed by atoms with E-state index in [1.807, 2.05) is 18.2 Å². The number of ether oxygens (including phenoxy) is 1. The molecule has 0 saturated carbocycles. The van der Waals surface area contributed by atoms with Gasteiger partial charge >= 0.3 is 0 Å². The molecule has 0 N–H and O–H groups in total. The van der Waals surface area contributed by atoms with Crippen LogP contribution in [-0.2, 0) is 6.42 Å². The summed E-state index contributed by atoms with van der Waals surface area (Å²) in [5, 5.41) is 0. The zero-order chi connectivity index (χ0) is 13.1. The van der Waals surface area contributed by atoms with E-state index in [1.54, 1.807) is 30.6 Å². The van der Waals surface area contributed by atoms with Crippen molar-refractivity contribution in [3.63, 3.8) is 0 Å². The summed E-state index contributed by atoms with van der Waals surface area (Å²) in [4.78, 5) is 15.8. The molecule has 2 aromatic rings. The van der Waals surface area contributed by atoms with Gasteiger partial charge in [-0.1, -0.05) is 12.1 Å². The maximum atomic E-state index is 11.9. The fourth-order valence-electron chi connectivity index (χ4n) is 2.09. The van der Waals surface area contributed by atoms with E-state index in [4.69, 9.17) is 4.74 Å². The number of nitrogens with zero attached hydrogens (tertiary/aromatic N) is 1. The quantitative estimate of drug-likeness (QED) is 0.622. The molecule has 1 aliphatic rings. The van der Waals surface area contributed by atoms with Crippen molar-refractivity contribution < 1.29 is 9.53 Å². The van der Waals surface area contributed by atoms with Crippen LogP contribution < -0.4 is 4.74 Å². The van der Waals surface area contributed by atoms with Crippen LogP contribution in [-0.4, -0.2) is 17.4 Å². The number of fused-ring (bicyclic) bond motifs is 1. The van der Waals surface area contributed by atoms with E-state index in [9.17, 15) is 4.79 Å². The van der Waals surface area contributed by atoms with E-state index in [1.165, 1.54) is 5.56 Å². The largest absolute Gasteiger partial charge is 0.493 e. The van der Waals surface area contributed by atoms with E-state index in [2.05, 4.69) is 11.1 Å². The molecule has 0 spiro atoms. The van der Waals surface area contributed by atoms with Crippen molar-refractivity contribution in [1.82, 2.24) is 4.98 Å². The molecule has 0 amide bonds. The lowest BCUT2D eigenvalue weighted by Gasteiger charge is -1.99. The number of hydrogen-bond donors (Lipinski definition) is 0. The summed E-state index contributed by atoms with van der Waals surface area (Å²) in [5.41, 5.74) is 2.82. The lowest BCUT2D eigenvalue weighted by atomic mass is 10.1. The number of hydrogen-bond acceptors (Lipinski definition) is 3. The zero-order valence-corrected chi connectivity index (χ0v) is 10.4. The number of pyridine rings is 1. The first-order valence-corrected chi connectivity index (χ1v) is 6.21. The second kappa shape index (κ2) is 5.06. The Bertz CT molecular complexity index is 632. The molecule has 0 radical (unpaired) electrons. The van der Waals surface area contributed by atoms with E-state index >= 15 is 0 Å². The number of benzene rings is 1. The second-order valence-electron chi connectivity index (χ2n) is 4.40. The third-order valence-electron chi connectivity index (χ3n) is 3.09. The molecule has 0 fully saturated rings. The molecule has 0 unspecified atom stereocenters. The van der Waals surface area contributed by atoms with Gasteiger partial charge in [0.15, 0.2) is 5.78 Å². The van der Waals surface area contributed by atoms with Gasteiger partial charge in [-0.15, -0.1) is 0 Å². The van der Waals surface area contributed by atoms with Gasteiger partial charge in [-0.05, 0) is 41.5 Å². The SMILES string of the molecule is O=C(/C=C\c1ccc2c(c1)CCO2)c1cccnc1. The first-order valence-electron chi connectivity index (χ1n) is 6.21. The van der Waals surface area contributed by atoms with Gasteiger partial charge in [-0.2, -0.15) is 0 Å². The van der Waals surface area contributed by atoms with Crippen molar-refractivity contribution in [2.75, 3.05) is 6.61 Å². The summed E-state index contributed by atoms with van der Waals surface area (Å²) in [7, 11) is 0. The van der Waals surface area contributed by atoms with Crippen molar-refractivity contribution in [3.05, 3.63) is 65.5 Å². The van der Waals surface area contributed by atoms with E-state index in [0.717, 1.165) is 24.3 Å². The van der Waals surface area contributed by atoms with Crippen LogP contribution in [0.25, 0.3) is 6.08 Å². The van der Waals surface area contributed by atoms with Crippen molar-refractivity contribution in [2.45, 2.75) is 6.42 Å². The van der Waals surface area contributed by atoms with Gasteiger partial charge < -0.3 is 4.74 Å². The molecule has 3 nitrogen and oxygen atoms in total. The molecule has 2 heterocycles. The molecule has 3 heteroatoms. The highest BCUT2D eigenvalue weighted by atomic mass is 16.5. The molecular weight excluding hydrogens is 238 g/mol. The third-order valence-corrected chi connectivity index (χ3v) is 3.09. The van der Waals surface area contributed by atoms with Crippen LogP contribution in [0.5, 0.6) is 5.75 Å². The maximum absolute atomic E-state index is 11.9. The minimum Gasteiger partial charge on any atom is -0.493 e. The summed E-state index contributed by atoms with van der Waals surface area (Å²) < 4.78 is 5.45. The van der Waals surface area contributed by atoms with Crippen molar-refractivity contribution in [1.29, 1.82) is 0 Å². The van der Waals surface area contributed by atoms with Crippen LogP contribution in [0.3, 0.4) is 0 Å². The van der Waals surface area contributed by atoms with Crippen LogP contribution in [0.2, 0.25) is 0 Å². The first-order chi connectivity index (χ1) is 9.33. The van der Waals surface area contributed by atoms with Crippen LogP contribution in [0.4, 0.5) is 0 Å². The third kappa shape index (κ3) is 2.55. The minimum atomic E-state index is -0.0372. The van der Waals surface area contributed by atoms with Gasteiger partial charge in [0.25, 0.3) is 0 Å². The summed E-state index contributed by atoms with van der Waals surface area (Å²) in [5.74, 6) is 0.917. The topological polar surface area (TPSA) is 39.2 Å². The summed E-state index contributed by atoms with van der Waals surface area (Å²) >= 11 is 0. The highest BCUT2D eigenvalue weighted by Gasteiger charge is 2.11. The second-order valence-corrected chi connectivity index (χ2v) is 4.40. The Kier molecular flexibility index (Phi) is 3.11. The van der Waals surface area contributed by atoms with Crippen LogP contribution in [0, 0.1) is 0 Å². The molecule has 0 saturated heterocycles. The van der Waals surface area contributed by atoms with Gasteiger partial charge in [-0.25, -0.2) is 0 Å². The molecule has 1 aromatic heterocycles. The lowest BCUT2D eigenvalue weighted by molar-refractivity contribution is 0.104. The van der Waals surface area contributed by atoms with E-state index in [0.29, 0.717) is 5.56 Å². The zero-order valence-electron chi connectivity index (χ0n) is 10.4. The highest BCUT2D eigenvalue weighted by Crippen LogP contribution is 2.26. The average molecular weight is 251 g/mol. The number of ketones is 1. The molecule has 3 rings (SSSR count). The monoisotopic (exact) mass is 251 g/mol. The maximum Gasteiger partial charge on any atom is 0.187 e. The van der Waals surface area contributed by atoms with Gasteiger partial charge in [0.05, 0.1) is 6.61 Å². The number of carbonyl (C=O) groups is 1. The molecule has 0 atom stereocenters. The standard InChI is InChI=1S/C16H13NO2/c18-15(14-2-1-8-17-11-14)5-3-12-4-6-16-13(10-12)7-9-19-16/h1-6,8,10-11H,7,9H2/b5-3-. The van der Waals surface area contributed by atoms with Crippen molar-refractivity contribution >= 4 is 11.9 Å². The summed E-state index contributed by atoms with van der Waals surface area (Å²) in [6, 6.07) is 9.49. The Balaban J connectivity index is 1.78. The number of aromatic nitrogens is 1. The molecule has 1 aliphatic heterocycles. The lowest BCUT2D eigenvalue weighted by Crippen LogP contribution is -1.94. The fourth-order valence-corrected chi connectivity index (χ4v) is 2.09. The van der Waals surface area contributed by atoms with Gasteiger partial charge in [-0.3, -0.25) is 9.78 Å². The fraction of sp³-hybridized carbons (Fsp3) is 0.125. The molecule has 1 aromatic carbocycles. The molecular formula is C16H13NO2. The average Bonchev–Trinajstić information content (AvgIpc) is 2.93. The minimum absolute atomic E-state index is 0.0372.